The predicted octanol–water partition coefficient (Wildman–Crippen LogP) is -1.46. The Bertz CT molecular complexity index is 291. The van der Waals surface area contributed by atoms with Gasteiger partial charge < -0.3 is 19.7 Å². The Labute approximate surface area is 113 Å². The van der Waals surface area contributed by atoms with Gasteiger partial charge in [0.1, 0.15) is 6.61 Å². The third-order valence-corrected chi connectivity index (χ3v) is 3.03. The van der Waals surface area contributed by atoms with Crippen molar-refractivity contribution in [3.05, 3.63) is 0 Å². The van der Waals surface area contributed by atoms with Crippen LogP contribution in [0.3, 0.4) is 0 Å². The number of ether oxygens (including phenoxy) is 2. The van der Waals surface area contributed by atoms with Crippen molar-refractivity contribution in [1.82, 2.24) is 15.1 Å². The molecule has 0 bridgehead atoms. The molecule has 0 aliphatic carbocycles. The summed E-state index contributed by atoms with van der Waals surface area (Å²) in [5.74, 6) is -0.00151. The van der Waals surface area contributed by atoms with Crippen LogP contribution in [0.5, 0.6) is 0 Å². The molecular formula is C12H23N3O4. The average molecular weight is 273 g/mol. The van der Waals surface area contributed by atoms with Crippen molar-refractivity contribution in [2.75, 3.05) is 66.7 Å². The highest BCUT2D eigenvalue weighted by Gasteiger charge is 2.21. The van der Waals surface area contributed by atoms with Gasteiger partial charge in [0.2, 0.25) is 11.8 Å². The van der Waals surface area contributed by atoms with Crippen molar-refractivity contribution in [2.45, 2.75) is 0 Å². The zero-order valence-corrected chi connectivity index (χ0v) is 11.7. The molecule has 0 aromatic carbocycles. The van der Waals surface area contributed by atoms with Gasteiger partial charge in [-0.15, -0.1) is 0 Å². The predicted molar refractivity (Wildman–Crippen MR) is 69.8 cm³/mol. The van der Waals surface area contributed by atoms with Crippen LogP contribution in [0.2, 0.25) is 0 Å². The second-order valence-corrected chi connectivity index (χ2v) is 4.38. The van der Waals surface area contributed by atoms with Crippen molar-refractivity contribution in [2.24, 2.45) is 0 Å². The summed E-state index contributed by atoms with van der Waals surface area (Å²) >= 11 is 0. The maximum absolute atomic E-state index is 11.8. The number of carbonyl (C=O) groups excluding carboxylic acids is 2. The molecule has 1 heterocycles. The zero-order valence-electron chi connectivity index (χ0n) is 11.7. The van der Waals surface area contributed by atoms with Crippen molar-refractivity contribution in [3.8, 4) is 0 Å². The summed E-state index contributed by atoms with van der Waals surface area (Å²) in [7, 11) is 3.22. The van der Waals surface area contributed by atoms with E-state index < -0.39 is 0 Å². The Morgan fingerprint density at radius 1 is 1.16 bits per heavy atom. The molecule has 7 nitrogen and oxygen atoms in total. The molecule has 0 aromatic rings. The Hall–Kier alpha value is -1.18. The van der Waals surface area contributed by atoms with E-state index in [4.69, 9.17) is 9.47 Å². The fraction of sp³-hybridized carbons (Fsp3) is 0.833. The Morgan fingerprint density at radius 2 is 1.84 bits per heavy atom. The SMILES string of the molecule is CNC(=O)CN1CCN(C(=O)COCCOC)CC1. The summed E-state index contributed by atoms with van der Waals surface area (Å²) in [6.07, 6.45) is 0. The Balaban J connectivity index is 2.18. The van der Waals surface area contributed by atoms with Gasteiger partial charge in [-0.25, -0.2) is 0 Å². The summed E-state index contributed by atoms with van der Waals surface area (Å²) in [5.41, 5.74) is 0. The van der Waals surface area contributed by atoms with Gasteiger partial charge in [-0.2, -0.15) is 0 Å². The van der Waals surface area contributed by atoms with E-state index in [1.54, 1.807) is 19.1 Å². The van der Waals surface area contributed by atoms with E-state index >= 15 is 0 Å². The van der Waals surface area contributed by atoms with E-state index in [9.17, 15) is 9.59 Å². The lowest BCUT2D eigenvalue weighted by molar-refractivity contribution is -0.138. The van der Waals surface area contributed by atoms with Crippen LogP contribution in [0.15, 0.2) is 0 Å². The molecule has 110 valence electrons. The molecule has 1 aliphatic heterocycles. The van der Waals surface area contributed by atoms with Gasteiger partial charge in [0.15, 0.2) is 0 Å². The minimum absolute atomic E-state index is 0.00248. The van der Waals surface area contributed by atoms with Crippen LogP contribution < -0.4 is 5.32 Å². The minimum atomic E-state index is -0.00399. The van der Waals surface area contributed by atoms with Gasteiger partial charge in [-0.3, -0.25) is 14.5 Å². The lowest BCUT2D eigenvalue weighted by Crippen LogP contribution is -2.51. The largest absolute Gasteiger partial charge is 0.382 e. The molecule has 0 atom stereocenters. The molecule has 0 radical (unpaired) electrons. The molecule has 19 heavy (non-hydrogen) atoms. The third kappa shape index (κ3) is 6.00. The van der Waals surface area contributed by atoms with E-state index in [1.165, 1.54) is 0 Å². The lowest BCUT2D eigenvalue weighted by Gasteiger charge is -2.34. The van der Waals surface area contributed by atoms with Crippen LogP contribution in [-0.4, -0.2) is 88.3 Å². The maximum atomic E-state index is 11.8. The number of hydrogen-bond donors (Lipinski definition) is 1. The molecule has 1 N–H and O–H groups in total. The first kappa shape index (κ1) is 15.9. The smallest absolute Gasteiger partial charge is 0.248 e. The number of likely N-dealkylation sites (N-methyl/N-ethyl adjacent to an activating group) is 1. The highest BCUT2D eigenvalue weighted by Crippen LogP contribution is 2.02. The van der Waals surface area contributed by atoms with Gasteiger partial charge in [0, 0.05) is 40.3 Å². The number of piperazine rings is 1. The molecule has 1 fully saturated rings. The van der Waals surface area contributed by atoms with Crippen LogP contribution in [-0.2, 0) is 19.1 Å². The fourth-order valence-corrected chi connectivity index (χ4v) is 1.83. The Kier molecular flexibility index (Phi) is 7.39. The van der Waals surface area contributed by atoms with Crippen molar-refractivity contribution in [1.29, 1.82) is 0 Å². The standard InChI is InChI=1S/C12H23N3O4/c1-13-11(16)9-14-3-5-15(6-4-14)12(17)10-19-8-7-18-2/h3-10H2,1-2H3,(H,13,16). The van der Waals surface area contributed by atoms with Crippen LogP contribution >= 0.6 is 0 Å². The van der Waals surface area contributed by atoms with E-state index in [2.05, 4.69) is 5.32 Å². The van der Waals surface area contributed by atoms with Gasteiger partial charge in [0.05, 0.1) is 19.8 Å². The van der Waals surface area contributed by atoms with E-state index in [-0.39, 0.29) is 18.4 Å². The van der Waals surface area contributed by atoms with E-state index in [0.29, 0.717) is 32.8 Å². The lowest BCUT2D eigenvalue weighted by atomic mass is 10.3. The molecule has 7 heteroatoms. The second-order valence-electron chi connectivity index (χ2n) is 4.38. The van der Waals surface area contributed by atoms with Crippen molar-refractivity contribution in [3.63, 3.8) is 0 Å². The second kappa shape index (κ2) is 8.84. The molecule has 0 aromatic heterocycles. The number of hydrogen-bond acceptors (Lipinski definition) is 5. The molecule has 1 rings (SSSR count). The normalized spacial score (nSPS) is 16.4. The Morgan fingerprint density at radius 3 is 2.42 bits per heavy atom. The molecular weight excluding hydrogens is 250 g/mol. The fourth-order valence-electron chi connectivity index (χ4n) is 1.83. The van der Waals surface area contributed by atoms with Gasteiger partial charge in [0.25, 0.3) is 0 Å². The van der Waals surface area contributed by atoms with Crippen LogP contribution in [0.25, 0.3) is 0 Å². The first-order valence-corrected chi connectivity index (χ1v) is 6.44. The summed E-state index contributed by atoms with van der Waals surface area (Å²) in [5, 5.41) is 2.59. The molecule has 1 saturated heterocycles. The minimum Gasteiger partial charge on any atom is -0.382 e. The molecule has 0 saturated carbocycles. The highest BCUT2D eigenvalue weighted by molar-refractivity contribution is 5.78. The van der Waals surface area contributed by atoms with Gasteiger partial charge in [-0.05, 0) is 0 Å². The number of carbonyl (C=O) groups is 2. The number of nitrogens with one attached hydrogen (secondary N) is 1. The van der Waals surface area contributed by atoms with Crippen LogP contribution in [0, 0.1) is 0 Å². The molecule has 0 unspecified atom stereocenters. The monoisotopic (exact) mass is 273 g/mol. The molecule has 2 amide bonds. The molecule has 1 aliphatic rings. The maximum Gasteiger partial charge on any atom is 0.248 e. The quantitative estimate of drug-likeness (QED) is 0.574. The van der Waals surface area contributed by atoms with Crippen molar-refractivity contribution < 1.29 is 19.1 Å². The zero-order chi connectivity index (χ0) is 14.1. The summed E-state index contributed by atoms with van der Waals surface area (Å²) in [6, 6.07) is 0. The number of amides is 2. The number of methoxy groups -OCH3 is 1. The first-order valence-electron chi connectivity index (χ1n) is 6.44. The topological polar surface area (TPSA) is 71.1 Å². The average Bonchev–Trinajstić information content (AvgIpc) is 2.44. The summed E-state index contributed by atoms with van der Waals surface area (Å²) in [4.78, 5) is 26.8. The van der Waals surface area contributed by atoms with E-state index in [1.807, 2.05) is 4.90 Å². The highest BCUT2D eigenvalue weighted by atomic mass is 16.5. The van der Waals surface area contributed by atoms with Gasteiger partial charge in [-0.1, -0.05) is 0 Å². The van der Waals surface area contributed by atoms with Crippen LogP contribution in [0.4, 0.5) is 0 Å². The summed E-state index contributed by atoms with van der Waals surface area (Å²) in [6.45, 7) is 4.13. The number of nitrogens with zero attached hydrogens (tertiary/aromatic N) is 2. The van der Waals surface area contributed by atoms with Gasteiger partial charge >= 0.3 is 0 Å². The van der Waals surface area contributed by atoms with Crippen molar-refractivity contribution >= 4 is 11.8 Å². The number of rotatable bonds is 7. The van der Waals surface area contributed by atoms with E-state index in [0.717, 1.165) is 13.1 Å². The summed E-state index contributed by atoms with van der Waals surface area (Å²) < 4.78 is 10.0. The third-order valence-electron chi connectivity index (χ3n) is 3.03. The molecule has 0 spiro atoms. The van der Waals surface area contributed by atoms with Crippen LogP contribution in [0.1, 0.15) is 0 Å². The first-order chi connectivity index (χ1) is 9.17.